The van der Waals surface area contributed by atoms with Crippen LogP contribution >= 0.6 is 0 Å². The molecule has 16 heavy (non-hydrogen) atoms. The number of hydrogen-bond donors (Lipinski definition) is 1. The highest BCUT2D eigenvalue weighted by Gasteiger charge is 2.05. The van der Waals surface area contributed by atoms with Crippen LogP contribution in [0, 0.1) is 0 Å². The Morgan fingerprint density at radius 1 is 1.44 bits per heavy atom. The van der Waals surface area contributed by atoms with Crippen molar-refractivity contribution in [3.63, 3.8) is 0 Å². The van der Waals surface area contributed by atoms with Crippen LogP contribution in [0.2, 0.25) is 0 Å². The Hall–Kier alpha value is -1.32. The van der Waals surface area contributed by atoms with Gasteiger partial charge in [0.1, 0.15) is 6.10 Å². The Labute approximate surface area is 96.3 Å². The predicted molar refractivity (Wildman–Crippen MR) is 61.1 cm³/mol. The van der Waals surface area contributed by atoms with E-state index in [1.54, 1.807) is 0 Å². The molecule has 0 radical (unpaired) electrons. The Morgan fingerprint density at radius 2 is 2.12 bits per heavy atom. The molecule has 0 amide bonds. The van der Waals surface area contributed by atoms with Crippen molar-refractivity contribution in [2.75, 3.05) is 0 Å². The molecule has 0 saturated heterocycles. The lowest BCUT2D eigenvalue weighted by Crippen LogP contribution is -2.13. The summed E-state index contributed by atoms with van der Waals surface area (Å²) in [6.45, 7) is 3.41. The number of ether oxygens (including phenoxy) is 1. The first-order chi connectivity index (χ1) is 7.56. The minimum atomic E-state index is -0.779. The molecule has 0 aromatic rings. The Morgan fingerprint density at radius 3 is 2.62 bits per heavy atom. The normalized spacial score (nSPS) is 12.6. The molecule has 1 N–H and O–H groups in total. The van der Waals surface area contributed by atoms with Crippen molar-refractivity contribution in [2.45, 2.75) is 52.1 Å². The molecule has 0 aliphatic carbocycles. The van der Waals surface area contributed by atoms with Crippen LogP contribution in [0.4, 0.5) is 0 Å². The highest BCUT2D eigenvalue weighted by atomic mass is 16.5. The lowest BCUT2D eigenvalue weighted by molar-refractivity contribution is -0.144. The molecule has 0 aromatic carbocycles. The van der Waals surface area contributed by atoms with Crippen molar-refractivity contribution < 1.29 is 19.4 Å². The Kier molecular flexibility index (Phi) is 8.21. The molecule has 0 aromatic heterocycles. The van der Waals surface area contributed by atoms with Gasteiger partial charge in [-0.3, -0.25) is 9.59 Å². The third-order valence-electron chi connectivity index (χ3n) is 2.00. The average Bonchev–Trinajstić information content (AvgIpc) is 2.16. The molecule has 0 fully saturated rings. The third kappa shape index (κ3) is 9.24. The Bertz CT molecular complexity index is 245. The molecule has 4 nitrogen and oxygen atoms in total. The van der Waals surface area contributed by atoms with Crippen LogP contribution in [0.25, 0.3) is 0 Å². The fourth-order valence-corrected chi connectivity index (χ4v) is 1.31. The van der Waals surface area contributed by atoms with Gasteiger partial charge in [0, 0.05) is 13.3 Å². The van der Waals surface area contributed by atoms with E-state index in [9.17, 15) is 9.59 Å². The van der Waals surface area contributed by atoms with E-state index in [2.05, 4.69) is 0 Å². The van der Waals surface area contributed by atoms with Gasteiger partial charge in [-0.1, -0.05) is 19.4 Å². The first kappa shape index (κ1) is 14.7. The molecule has 4 heteroatoms. The van der Waals surface area contributed by atoms with E-state index in [0.29, 0.717) is 12.8 Å². The van der Waals surface area contributed by atoms with Crippen molar-refractivity contribution in [3.05, 3.63) is 12.2 Å². The van der Waals surface area contributed by atoms with Gasteiger partial charge in [0.25, 0.3) is 0 Å². The summed E-state index contributed by atoms with van der Waals surface area (Å²) >= 11 is 0. The number of esters is 1. The molecule has 1 atom stereocenters. The van der Waals surface area contributed by atoms with Gasteiger partial charge in [0.2, 0.25) is 0 Å². The SMILES string of the molecule is CCCC(/C=C/CCCC(=O)O)OC(C)=O. The number of aliphatic carboxylic acids is 1. The largest absolute Gasteiger partial charge is 0.481 e. The highest BCUT2D eigenvalue weighted by Crippen LogP contribution is 2.06. The molecular formula is C12H20O4. The standard InChI is InChI=1S/C12H20O4/c1-3-7-11(16-10(2)13)8-5-4-6-9-12(14)15/h5,8,11H,3-4,6-7,9H2,1-2H3,(H,14,15)/b8-5+. The van der Waals surface area contributed by atoms with Gasteiger partial charge in [-0.2, -0.15) is 0 Å². The van der Waals surface area contributed by atoms with Gasteiger partial charge in [0.05, 0.1) is 0 Å². The zero-order valence-corrected chi connectivity index (χ0v) is 9.94. The van der Waals surface area contributed by atoms with Crippen molar-refractivity contribution in [1.29, 1.82) is 0 Å². The van der Waals surface area contributed by atoms with E-state index in [-0.39, 0.29) is 18.5 Å². The number of carbonyl (C=O) groups excluding carboxylic acids is 1. The third-order valence-corrected chi connectivity index (χ3v) is 2.00. The molecule has 0 saturated carbocycles. The second kappa shape index (κ2) is 8.95. The van der Waals surface area contributed by atoms with Gasteiger partial charge < -0.3 is 9.84 Å². The summed E-state index contributed by atoms with van der Waals surface area (Å²) in [5.74, 6) is -1.06. The molecular weight excluding hydrogens is 208 g/mol. The van der Waals surface area contributed by atoms with E-state index in [1.165, 1.54) is 6.92 Å². The van der Waals surface area contributed by atoms with E-state index < -0.39 is 5.97 Å². The maximum Gasteiger partial charge on any atom is 0.303 e. The quantitative estimate of drug-likeness (QED) is 0.394. The second-order valence-corrected chi connectivity index (χ2v) is 3.65. The minimum Gasteiger partial charge on any atom is -0.481 e. The molecule has 0 rings (SSSR count). The summed E-state index contributed by atoms with van der Waals surface area (Å²) in [6, 6.07) is 0. The number of allylic oxidation sites excluding steroid dienone is 1. The fourth-order valence-electron chi connectivity index (χ4n) is 1.31. The van der Waals surface area contributed by atoms with E-state index in [0.717, 1.165) is 12.8 Å². The van der Waals surface area contributed by atoms with Gasteiger partial charge in [-0.05, 0) is 25.3 Å². The summed E-state index contributed by atoms with van der Waals surface area (Å²) in [5, 5.41) is 8.43. The lowest BCUT2D eigenvalue weighted by atomic mass is 10.1. The first-order valence-electron chi connectivity index (χ1n) is 5.62. The van der Waals surface area contributed by atoms with E-state index in [4.69, 9.17) is 9.84 Å². The number of carbonyl (C=O) groups is 2. The number of carboxylic acids is 1. The van der Waals surface area contributed by atoms with Crippen LogP contribution in [0.15, 0.2) is 12.2 Å². The molecule has 1 unspecified atom stereocenters. The molecule has 0 aliphatic heterocycles. The number of unbranched alkanes of at least 4 members (excludes halogenated alkanes) is 1. The van der Waals surface area contributed by atoms with Crippen LogP contribution in [0.1, 0.15) is 46.0 Å². The van der Waals surface area contributed by atoms with Crippen LogP contribution in [-0.2, 0) is 14.3 Å². The van der Waals surface area contributed by atoms with Crippen LogP contribution < -0.4 is 0 Å². The number of carboxylic acid groups (broad SMARTS) is 1. The zero-order valence-electron chi connectivity index (χ0n) is 9.94. The average molecular weight is 228 g/mol. The predicted octanol–water partition coefficient (Wildman–Crippen LogP) is 2.53. The molecule has 0 bridgehead atoms. The van der Waals surface area contributed by atoms with Crippen LogP contribution in [0.3, 0.4) is 0 Å². The number of hydrogen-bond acceptors (Lipinski definition) is 3. The van der Waals surface area contributed by atoms with E-state index in [1.807, 2.05) is 19.1 Å². The molecule has 0 aliphatic rings. The fraction of sp³-hybridized carbons (Fsp3) is 0.667. The summed E-state index contributed by atoms with van der Waals surface area (Å²) in [6.07, 6.45) is 6.78. The minimum absolute atomic E-state index is 0.174. The second-order valence-electron chi connectivity index (χ2n) is 3.65. The summed E-state index contributed by atoms with van der Waals surface area (Å²) < 4.78 is 5.08. The van der Waals surface area contributed by atoms with Crippen molar-refractivity contribution in [1.82, 2.24) is 0 Å². The summed E-state index contributed by atoms with van der Waals surface area (Å²) in [5.41, 5.74) is 0. The van der Waals surface area contributed by atoms with Gasteiger partial charge in [0.15, 0.2) is 0 Å². The smallest absolute Gasteiger partial charge is 0.303 e. The maximum absolute atomic E-state index is 10.8. The lowest BCUT2D eigenvalue weighted by Gasteiger charge is -2.11. The van der Waals surface area contributed by atoms with Crippen LogP contribution in [-0.4, -0.2) is 23.1 Å². The first-order valence-corrected chi connectivity index (χ1v) is 5.62. The zero-order chi connectivity index (χ0) is 12.4. The van der Waals surface area contributed by atoms with Crippen LogP contribution in [0.5, 0.6) is 0 Å². The highest BCUT2D eigenvalue weighted by molar-refractivity contribution is 5.66. The maximum atomic E-state index is 10.8. The molecule has 0 spiro atoms. The molecule has 92 valence electrons. The van der Waals surface area contributed by atoms with Crippen molar-refractivity contribution in [2.24, 2.45) is 0 Å². The van der Waals surface area contributed by atoms with Crippen molar-refractivity contribution in [3.8, 4) is 0 Å². The number of rotatable bonds is 8. The van der Waals surface area contributed by atoms with Gasteiger partial charge >= 0.3 is 11.9 Å². The molecule has 0 heterocycles. The van der Waals surface area contributed by atoms with Gasteiger partial charge in [-0.15, -0.1) is 0 Å². The summed E-state index contributed by atoms with van der Waals surface area (Å²) in [7, 11) is 0. The van der Waals surface area contributed by atoms with E-state index >= 15 is 0 Å². The van der Waals surface area contributed by atoms with Gasteiger partial charge in [-0.25, -0.2) is 0 Å². The summed E-state index contributed by atoms with van der Waals surface area (Å²) in [4.78, 5) is 21.0. The Balaban J connectivity index is 3.83. The van der Waals surface area contributed by atoms with Crippen molar-refractivity contribution >= 4 is 11.9 Å². The monoisotopic (exact) mass is 228 g/mol. The topological polar surface area (TPSA) is 63.6 Å².